The van der Waals surface area contributed by atoms with Gasteiger partial charge in [-0.1, -0.05) is 17.4 Å². The van der Waals surface area contributed by atoms with E-state index in [9.17, 15) is 4.79 Å². The summed E-state index contributed by atoms with van der Waals surface area (Å²) in [4.78, 5) is 19.4. The van der Waals surface area contributed by atoms with Crippen LogP contribution in [-0.2, 0) is 4.74 Å². The maximum atomic E-state index is 13.0. The van der Waals surface area contributed by atoms with Gasteiger partial charge in [-0.05, 0) is 44.2 Å². The van der Waals surface area contributed by atoms with Gasteiger partial charge in [0.15, 0.2) is 0 Å². The Balaban J connectivity index is 1.52. The third-order valence-electron chi connectivity index (χ3n) is 4.75. The molecule has 30 heavy (non-hydrogen) atoms. The molecule has 3 heterocycles. The van der Waals surface area contributed by atoms with E-state index in [-0.39, 0.29) is 12.0 Å². The van der Waals surface area contributed by atoms with Gasteiger partial charge in [0.25, 0.3) is 5.91 Å². The number of benzene rings is 1. The summed E-state index contributed by atoms with van der Waals surface area (Å²) in [5.41, 5.74) is 3.10. The van der Waals surface area contributed by atoms with Crippen molar-refractivity contribution in [2.75, 3.05) is 32.1 Å². The van der Waals surface area contributed by atoms with E-state index in [0.29, 0.717) is 31.0 Å². The van der Waals surface area contributed by atoms with Crippen LogP contribution in [0.5, 0.6) is 5.75 Å². The van der Waals surface area contributed by atoms with Crippen LogP contribution in [0.2, 0.25) is 0 Å². The fourth-order valence-electron chi connectivity index (χ4n) is 3.35. The van der Waals surface area contributed by atoms with Gasteiger partial charge in [-0.3, -0.25) is 9.78 Å². The molecule has 0 radical (unpaired) electrons. The molecular weight excluding hydrogens is 402 g/mol. The van der Waals surface area contributed by atoms with E-state index < -0.39 is 0 Å². The average Bonchev–Trinajstić information content (AvgIpc) is 3.17. The first-order valence-electron chi connectivity index (χ1n) is 9.62. The maximum absolute atomic E-state index is 13.0. The number of amides is 1. The van der Waals surface area contributed by atoms with Crippen LogP contribution in [0.15, 0.2) is 36.4 Å². The van der Waals surface area contributed by atoms with Crippen molar-refractivity contribution in [1.82, 2.24) is 20.1 Å². The molecule has 1 aromatic carbocycles. The average molecular weight is 426 g/mol. The van der Waals surface area contributed by atoms with Crippen molar-refractivity contribution in [1.29, 1.82) is 0 Å². The van der Waals surface area contributed by atoms with Crippen LogP contribution < -0.4 is 10.1 Å². The number of nitrogens with zero attached hydrogens (tertiary/aromatic N) is 4. The van der Waals surface area contributed by atoms with Gasteiger partial charge in [0.2, 0.25) is 5.13 Å². The van der Waals surface area contributed by atoms with Crippen molar-refractivity contribution < 1.29 is 14.3 Å². The zero-order chi connectivity index (χ0) is 21.1. The van der Waals surface area contributed by atoms with Crippen LogP contribution >= 0.6 is 11.3 Å². The molecule has 0 saturated carbocycles. The number of nitrogens with one attached hydrogen (secondary N) is 1. The number of hydrogen-bond donors (Lipinski definition) is 1. The molecule has 9 heteroatoms. The van der Waals surface area contributed by atoms with E-state index in [2.05, 4.69) is 20.5 Å². The Morgan fingerprint density at radius 1 is 1.27 bits per heavy atom. The molecule has 1 amide bonds. The lowest BCUT2D eigenvalue weighted by atomic mass is 10.1. The third-order valence-corrected chi connectivity index (χ3v) is 5.50. The second-order valence-corrected chi connectivity index (χ2v) is 8.20. The number of morpholine rings is 1. The molecule has 0 aliphatic carbocycles. The minimum Gasteiger partial charge on any atom is -0.497 e. The Morgan fingerprint density at radius 3 is 2.90 bits per heavy atom. The largest absolute Gasteiger partial charge is 0.497 e. The molecule has 3 aromatic rings. The van der Waals surface area contributed by atoms with Crippen LogP contribution in [0.1, 0.15) is 32.9 Å². The SMILES string of the molecule is COc1cccc(C(=O)N2CCO[C@@H](c3cc(Nc4nnc(C)s4)cc(C)n3)C2)c1. The first-order chi connectivity index (χ1) is 14.5. The number of aromatic nitrogens is 3. The van der Waals surface area contributed by atoms with E-state index >= 15 is 0 Å². The van der Waals surface area contributed by atoms with E-state index in [1.54, 1.807) is 24.1 Å². The van der Waals surface area contributed by atoms with E-state index in [4.69, 9.17) is 9.47 Å². The number of rotatable bonds is 5. The predicted molar refractivity (Wildman–Crippen MR) is 114 cm³/mol. The van der Waals surface area contributed by atoms with Crippen molar-refractivity contribution in [3.05, 3.63) is 58.4 Å². The topological polar surface area (TPSA) is 89.5 Å². The first kappa shape index (κ1) is 20.2. The zero-order valence-electron chi connectivity index (χ0n) is 17.1. The molecule has 8 nitrogen and oxygen atoms in total. The lowest BCUT2D eigenvalue weighted by Crippen LogP contribution is -2.42. The summed E-state index contributed by atoms with van der Waals surface area (Å²) in [6.45, 7) is 5.27. The van der Waals surface area contributed by atoms with E-state index in [1.165, 1.54) is 11.3 Å². The third kappa shape index (κ3) is 4.58. The summed E-state index contributed by atoms with van der Waals surface area (Å²) in [6.07, 6.45) is -0.301. The summed E-state index contributed by atoms with van der Waals surface area (Å²) in [5.74, 6) is 0.617. The predicted octanol–water partition coefficient (Wildman–Crippen LogP) is 3.52. The quantitative estimate of drug-likeness (QED) is 0.669. The van der Waals surface area contributed by atoms with Crippen molar-refractivity contribution in [2.45, 2.75) is 20.0 Å². The lowest BCUT2D eigenvalue weighted by molar-refractivity contribution is -0.0247. The van der Waals surface area contributed by atoms with Gasteiger partial charge < -0.3 is 19.7 Å². The molecular formula is C21H23N5O3S. The second-order valence-electron chi connectivity index (χ2n) is 7.02. The zero-order valence-corrected chi connectivity index (χ0v) is 17.9. The fraction of sp³-hybridized carbons (Fsp3) is 0.333. The lowest BCUT2D eigenvalue weighted by Gasteiger charge is -2.33. The Hall–Kier alpha value is -3.04. The number of ether oxygens (including phenoxy) is 2. The van der Waals surface area contributed by atoms with Gasteiger partial charge in [0.05, 0.1) is 26.0 Å². The van der Waals surface area contributed by atoms with Crippen LogP contribution in [0.25, 0.3) is 0 Å². The first-order valence-corrected chi connectivity index (χ1v) is 10.4. The molecule has 2 aromatic heterocycles. The van der Waals surface area contributed by atoms with Gasteiger partial charge in [-0.2, -0.15) is 0 Å². The minimum atomic E-state index is -0.301. The molecule has 156 valence electrons. The molecule has 1 atom stereocenters. The van der Waals surface area contributed by atoms with Crippen LogP contribution in [0.4, 0.5) is 10.8 Å². The highest BCUT2D eigenvalue weighted by atomic mass is 32.1. The van der Waals surface area contributed by atoms with Crippen LogP contribution in [-0.4, -0.2) is 52.8 Å². The Morgan fingerprint density at radius 2 is 2.13 bits per heavy atom. The molecule has 0 unspecified atom stereocenters. The molecule has 1 fully saturated rings. The molecule has 4 rings (SSSR count). The van der Waals surface area contributed by atoms with Gasteiger partial charge in [0.1, 0.15) is 16.9 Å². The number of aryl methyl sites for hydroxylation is 2. The number of carbonyl (C=O) groups is 1. The Labute approximate surface area is 178 Å². The standard InChI is InChI=1S/C21H23N5O3S/c1-13-9-16(23-21-25-24-14(2)30-21)11-18(22-13)19-12-26(7-8-29-19)20(27)15-5-4-6-17(10-15)28-3/h4-6,9-11,19H,7-8,12H2,1-3H3,(H,22,23,25)/t19-/m1/s1. The number of carbonyl (C=O) groups excluding carboxylic acids is 1. The maximum Gasteiger partial charge on any atom is 0.254 e. The highest BCUT2D eigenvalue weighted by Gasteiger charge is 2.27. The van der Waals surface area contributed by atoms with Crippen molar-refractivity contribution in [2.24, 2.45) is 0 Å². The molecule has 0 spiro atoms. The Kier molecular flexibility index (Phi) is 5.91. The summed E-state index contributed by atoms with van der Waals surface area (Å²) in [6, 6.07) is 11.1. The highest BCUT2D eigenvalue weighted by Crippen LogP contribution is 2.27. The molecule has 1 aliphatic heterocycles. The van der Waals surface area contributed by atoms with Crippen molar-refractivity contribution >= 4 is 28.1 Å². The van der Waals surface area contributed by atoms with Crippen LogP contribution in [0.3, 0.4) is 0 Å². The highest BCUT2D eigenvalue weighted by molar-refractivity contribution is 7.15. The molecule has 0 bridgehead atoms. The van der Waals surface area contributed by atoms with E-state index in [0.717, 1.165) is 27.2 Å². The van der Waals surface area contributed by atoms with Gasteiger partial charge in [-0.25, -0.2) is 0 Å². The number of anilines is 2. The van der Waals surface area contributed by atoms with Crippen LogP contribution in [0, 0.1) is 13.8 Å². The summed E-state index contributed by atoms with van der Waals surface area (Å²) >= 11 is 1.49. The molecule has 1 N–H and O–H groups in total. The minimum absolute atomic E-state index is 0.0439. The number of hydrogen-bond acceptors (Lipinski definition) is 8. The summed E-state index contributed by atoms with van der Waals surface area (Å²) < 4.78 is 11.2. The normalized spacial score (nSPS) is 16.4. The number of methoxy groups -OCH3 is 1. The summed E-state index contributed by atoms with van der Waals surface area (Å²) in [5, 5.41) is 13.0. The smallest absolute Gasteiger partial charge is 0.254 e. The van der Waals surface area contributed by atoms with Crippen molar-refractivity contribution in [3.8, 4) is 5.75 Å². The monoisotopic (exact) mass is 425 g/mol. The summed E-state index contributed by atoms with van der Waals surface area (Å²) in [7, 11) is 1.59. The Bertz CT molecular complexity index is 1050. The van der Waals surface area contributed by atoms with Gasteiger partial charge in [0, 0.05) is 23.5 Å². The van der Waals surface area contributed by atoms with Crippen molar-refractivity contribution in [3.63, 3.8) is 0 Å². The fourth-order valence-corrected chi connectivity index (χ4v) is 3.97. The van der Waals surface area contributed by atoms with Gasteiger partial charge >= 0.3 is 0 Å². The molecule has 1 saturated heterocycles. The molecule has 1 aliphatic rings. The number of pyridine rings is 1. The van der Waals surface area contributed by atoms with E-state index in [1.807, 2.05) is 38.1 Å². The second kappa shape index (κ2) is 8.76. The van der Waals surface area contributed by atoms with Gasteiger partial charge in [-0.15, -0.1) is 10.2 Å².